The number of halogens is 2. The van der Waals surface area contributed by atoms with E-state index < -0.39 is 0 Å². The van der Waals surface area contributed by atoms with Crippen LogP contribution in [0.2, 0.25) is 0 Å². The number of anilines is 1. The van der Waals surface area contributed by atoms with Crippen LogP contribution in [0.15, 0.2) is 22.7 Å². The van der Waals surface area contributed by atoms with Gasteiger partial charge in [0.2, 0.25) is 0 Å². The van der Waals surface area contributed by atoms with Crippen molar-refractivity contribution in [2.24, 2.45) is 0 Å². The average Bonchev–Trinajstić information content (AvgIpc) is 2.67. The van der Waals surface area contributed by atoms with Gasteiger partial charge in [-0.2, -0.15) is 5.10 Å². The van der Waals surface area contributed by atoms with Crippen LogP contribution in [-0.2, 0) is 13.1 Å². The Morgan fingerprint density at radius 2 is 2.15 bits per heavy atom. The molecule has 0 saturated heterocycles. The molecule has 0 radical (unpaired) electrons. The van der Waals surface area contributed by atoms with Gasteiger partial charge in [0.05, 0.1) is 23.3 Å². The number of hydrogen-bond acceptors (Lipinski definition) is 3. The molecule has 1 aromatic carbocycles. The summed E-state index contributed by atoms with van der Waals surface area (Å²) in [4.78, 5) is 0. The fourth-order valence-corrected chi connectivity index (χ4v) is 2.41. The number of benzene rings is 1. The van der Waals surface area contributed by atoms with Crippen LogP contribution in [0.3, 0.4) is 0 Å². The van der Waals surface area contributed by atoms with E-state index in [4.69, 9.17) is 5.11 Å². The lowest BCUT2D eigenvalue weighted by atomic mass is 10.2. The lowest BCUT2D eigenvalue weighted by Crippen LogP contribution is -2.11. The van der Waals surface area contributed by atoms with Crippen molar-refractivity contribution < 1.29 is 9.50 Å². The van der Waals surface area contributed by atoms with Crippen molar-refractivity contribution in [1.82, 2.24) is 9.78 Å². The van der Waals surface area contributed by atoms with Gasteiger partial charge in [0.1, 0.15) is 11.6 Å². The number of aryl methyl sites for hydroxylation is 1. The second-order valence-corrected chi connectivity index (χ2v) is 5.46. The molecule has 0 bridgehead atoms. The third-order valence-corrected chi connectivity index (χ3v) is 3.79. The first-order valence-electron chi connectivity index (χ1n) is 6.35. The van der Waals surface area contributed by atoms with Crippen molar-refractivity contribution in [3.63, 3.8) is 0 Å². The number of aliphatic hydroxyl groups excluding tert-OH is 1. The van der Waals surface area contributed by atoms with Gasteiger partial charge in [-0.05, 0) is 47.5 Å². The third-order valence-electron chi connectivity index (χ3n) is 3.18. The topological polar surface area (TPSA) is 50.1 Å². The third kappa shape index (κ3) is 3.19. The molecule has 2 aromatic rings. The molecule has 0 aliphatic rings. The fraction of sp³-hybridized carbons (Fsp3) is 0.357. The van der Waals surface area contributed by atoms with Crippen LogP contribution in [0.25, 0.3) is 0 Å². The van der Waals surface area contributed by atoms with Gasteiger partial charge >= 0.3 is 0 Å². The van der Waals surface area contributed by atoms with Crippen LogP contribution in [0.5, 0.6) is 0 Å². The zero-order valence-electron chi connectivity index (χ0n) is 11.5. The van der Waals surface area contributed by atoms with Crippen LogP contribution in [0.4, 0.5) is 10.2 Å². The highest BCUT2D eigenvalue weighted by atomic mass is 79.9. The molecule has 1 heterocycles. The standard InChI is InChI=1S/C14H17BrFN3O/c1-9-10(2)18-19(5-6-20)14(9)17-8-11-3-4-13(16)12(15)7-11/h3-4,7,17,20H,5-6,8H2,1-2H3. The molecule has 108 valence electrons. The minimum atomic E-state index is -0.272. The molecule has 2 rings (SSSR count). The summed E-state index contributed by atoms with van der Waals surface area (Å²) in [6.07, 6.45) is 0. The van der Waals surface area contributed by atoms with E-state index in [0.29, 0.717) is 17.6 Å². The molecular weight excluding hydrogens is 325 g/mol. The Balaban J connectivity index is 2.15. The van der Waals surface area contributed by atoms with Crippen molar-refractivity contribution in [3.05, 3.63) is 45.3 Å². The van der Waals surface area contributed by atoms with E-state index in [9.17, 15) is 4.39 Å². The van der Waals surface area contributed by atoms with Crippen LogP contribution in [0, 0.1) is 19.7 Å². The van der Waals surface area contributed by atoms with Crippen LogP contribution in [0.1, 0.15) is 16.8 Å². The summed E-state index contributed by atoms with van der Waals surface area (Å²) in [6.45, 7) is 4.97. The summed E-state index contributed by atoms with van der Waals surface area (Å²) < 4.78 is 15.4. The molecule has 20 heavy (non-hydrogen) atoms. The van der Waals surface area contributed by atoms with Gasteiger partial charge in [0.15, 0.2) is 0 Å². The number of aromatic nitrogens is 2. The summed E-state index contributed by atoms with van der Waals surface area (Å²) >= 11 is 3.18. The van der Waals surface area contributed by atoms with Crippen LogP contribution in [-0.4, -0.2) is 21.5 Å². The number of rotatable bonds is 5. The molecule has 2 N–H and O–H groups in total. The van der Waals surface area contributed by atoms with Gasteiger partial charge in [-0.15, -0.1) is 0 Å². The second kappa shape index (κ2) is 6.37. The zero-order valence-corrected chi connectivity index (χ0v) is 13.0. The molecule has 0 saturated carbocycles. The number of hydrogen-bond donors (Lipinski definition) is 2. The van der Waals surface area contributed by atoms with Crippen LogP contribution >= 0.6 is 15.9 Å². The van der Waals surface area contributed by atoms with E-state index in [1.807, 2.05) is 13.8 Å². The first-order valence-corrected chi connectivity index (χ1v) is 7.15. The molecule has 0 atom stereocenters. The Morgan fingerprint density at radius 3 is 2.80 bits per heavy atom. The van der Waals surface area contributed by atoms with E-state index in [0.717, 1.165) is 22.6 Å². The maximum absolute atomic E-state index is 13.2. The summed E-state index contributed by atoms with van der Waals surface area (Å²) in [5, 5.41) is 16.7. The highest BCUT2D eigenvalue weighted by Crippen LogP contribution is 2.21. The second-order valence-electron chi connectivity index (χ2n) is 4.61. The molecule has 6 heteroatoms. The molecule has 0 aliphatic heterocycles. The van der Waals surface area contributed by atoms with E-state index in [1.54, 1.807) is 16.8 Å². The van der Waals surface area contributed by atoms with Crippen molar-refractivity contribution in [3.8, 4) is 0 Å². The fourth-order valence-electron chi connectivity index (χ4n) is 1.99. The van der Waals surface area contributed by atoms with Crippen molar-refractivity contribution in [2.75, 3.05) is 11.9 Å². The summed E-state index contributed by atoms with van der Waals surface area (Å²) in [5.41, 5.74) is 2.95. The summed E-state index contributed by atoms with van der Waals surface area (Å²) in [6, 6.07) is 4.92. The quantitative estimate of drug-likeness (QED) is 0.878. The molecule has 4 nitrogen and oxygen atoms in total. The first kappa shape index (κ1) is 15.0. The van der Waals surface area contributed by atoms with E-state index in [2.05, 4.69) is 26.3 Å². The average molecular weight is 342 g/mol. The van der Waals surface area contributed by atoms with Crippen molar-refractivity contribution in [2.45, 2.75) is 26.9 Å². The summed E-state index contributed by atoms with van der Waals surface area (Å²) in [7, 11) is 0. The van der Waals surface area contributed by atoms with Crippen molar-refractivity contribution >= 4 is 21.7 Å². The molecule has 0 spiro atoms. The van der Waals surface area contributed by atoms with Gasteiger partial charge in [-0.3, -0.25) is 0 Å². The Hall–Kier alpha value is -1.40. The lowest BCUT2D eigenvalue weighted by molar-refractivity contribution is 0.270. The van der Waals surface area contributed by atoms with Gasteiger partial charge in [-0.1, -0.05) is 6.07 Å². The number of nitrogens with zero attached hydrogens (tertiary/aromatic N) is 2. The lowest BCUT2D eigenvalue weighted by Gasteiger charge is -2.10. The van der Waals surface area contributed by atoms with Gasteiger partial charge in [-0.25, -0.2) is 9.07 Å². The maximum Gasteiger partial charge on any atom is 0.137 e. The molecule has 0 aliphatic carbocycles. The Morgan fingerprint density at radius 1 is 1.40 bits per heavy atom. The van der Waals surface area contributed by atoms with Gasteiger partial charge < -0.3 is 10.4 Å². The SMILES string of the molecule is Cc1nn(CCO)c(NCc2ccc(F)c(Br)c2)c1C. The van der Waals surface area contributed by atoms with Gasteiger partial charge in [0, 0.05) is 12.1 Å². The van der Waals surface area contributed by atoms with Crippen LogP contribution < -0.4 is 5.32 Å². The number of aliphatic hydroxyl groups is 1. The van der Waals surface area contributed by atoms with E-state index in [-0.39, 0.29) is 12.4 Å². The maximum atomic E-state index is 13.2. The predicted octanol–water partition coefficient (Wildman–Crippen LogP) is 3.01. The normalized spacial score (nSPS) is 10.8. The monoisotopic (exact) mass is 341 g/mol. The first-order chi connectivity index (χ1) is 9.52. The van der Waals surface area contributed by atoms with E-state index in [1.165, 1.54) is 6.07 Å². The molecule has 0 fully saturated rings. The van der Waals surface area contributed by atoms with Gasteiger partial charge in [0.25, 0.3) is 0 Å². The summed E-state index contributed by atoms with van der Waals surface area (Å²) in [5.74, 6) is 0.614. The van der Waals surface area contributed by atoms with Crippen molar-refractivity contribution in [1.29, 1.82) is 0 Å². The Kier molecular flexibility index (Phi) is 4.77. The minimum Gasteiger partial charge on any atom is -0.394 e. The molecule has 0 unspecified atom stereocenters. The zero-order chi connectivity index (χ0) is 14.7. The smallest absolute Gasteiger partial charge is 0.137 e. The molecule has 1 aromatic heterocycles. The highest BCUT2D eigenvalue weighted by Gasteiger charge is 2.11. The Labute approximate surface area is 125 Å². The minimum absolute atomic E-state index is 0.0390. The number of nitrogens with one attached hydrogen (secondary N) is 1. The predicted molar refractivity (Wildman–Crippen MR) is 80.2 cm³/mol. The highest BCUT2D eigenvalue weighted by molar-refractivity contribution is 9.10. The molecule has 0 amide bonds. The molecular formula is C14H17BrFN3O. The van der Waals surface area contributed by atoms with E-state index >= 15 is 0 Å². The Bertz CT molecular complexity index is 613. The largest absolute Gasteiger partial charge is 0.394 e.